The highest BCUT2D eigenvalue weighted by Crippen LogP contribution is 2.41. The summed E-state index contributed by atoms with van der Waals surface area (Å²) in [7, 11) is 1.49. The topological polar surface area (TPSA) is 96.3 Å². The Hall–Kier alpha value is -3.03. The van der Waals surface area contributed by atoms with Crippen molar-refractivity contribution in [2.45, 2.75) is 19.9 Å². The third-order valence-electron chi connectivity index (χ3n) is 5.05. The van der Waals surface area contributed by atoms with Crippen molar-refractivity contribution < 1.29 is 29.3 Å². The molecule has 2 aromatic carbocycles. The molecule has 1 atom stereocenters. The largest absolute Gasteiger partial charge is 0.507 e. The van der Waals surface area contributed by atoms with E-state index in [0.717, 1.165) is 0 Å². The van der Waals surface area contributed by atoms with E-state index in [-0.39, 0.29) is 35.3 Å². The van der Waals surface area contributed by atoms with E-state index < -0.39 is 17.7 Å². The van der Waals surface area contributed by atoms with Gasteiger partial charge in [0.2, 0.25) is 0 Å². The maximum Gasteiger partial charge on any atom is 0.295 e. The molecule has 1 saturated heterocycles. The quantitative estimate of drug-likeness (QED) is 0.350. The van der Waals surface area contributed by atoms with Crippen LogP contribution in [0.3, 0.4) is 0 Å². The number of phenols is 1. The number of rotatable bonds is 8. The van der Waals surface area contributed by atoms with Gasteiger partial charge in [-0.15, -0.1) is 0 Å². The molecule has 0 radical (unpaired) electrons. The second-order valence-corrected chi connectivity index (χ2v) is 8.34. The van der Waals surface area contributed by atoms with Crippen LogP contribution in [0.15, 0.2) is 48.0 Å². The van der Waals surface area contributed by atoms with Gasteiger partial charge in [-0.25, -0.2) is 0 Å². The summed E-state index contributed by atoms with van der Waals surface area (Å²) in [5.74, 6) is -1.13. The number of carbonyl (C=O) groups excluding carboxylic acids is 2. The molecular weight excluding hydrogens is 434 g/mol. The van der Waals surface area contributed by atoms with E-state index in [0.29, 0.717) is 29.4 Å². The molecule has 0 bridgehead atoms. The van der Waals surface area contributed by atoms with Crippen LogP contribution in [0, 0.1) is 5.92 Å². The fourth-order valence-corrected chi connectivity index (χ4v) is 3.68. The van der Waals surface area contributed by atoms with Crippen LogP contribution in [0.2, 0.25) is 5.02 Å². The molecule has 2 aromatic rings. The van der Waals surface area contributed by atoms with Crippen LogP contribution in [-0.2, 0) is 14.3 Å². The molecule has 1 unspecified atom stereocenters. The average molecular weight is 460 g/mol. The van der Waals surface area contributed by atoms with Crippen molar-refractivity contribution in [1.82, 2.24) is 4.90 Å². The SMILES string of the molecule is COCCN1C(=O)C(=O)/C(=C(\O)c2cccc(OCC(C)C)c2)C1c1ccc(O)c(Cl)c1. The maximum absolute atomic E-state index is 13.0. The van der Waals surface area contributed by atoms with E-state index in [4.69, 9.17) is 21.1 Å². The first-order valence-corrected chi connectivity index (χ1v) is 10.6. The first-order valence-electron chi connectivity index (χ1n) is 10.2. The summed E-state index contributed by atoms with van der Waals surface area (Å²) < 4.78 is 10.8. The zero-order valence-corrected chi connectivity index (χ0v) is 18.9. The molecule has 1 heterocycles. The van der Waals surface area contributed by atoms with Gasteiger partial charge in [0.05, 0.1) is 29.9 Å². The van der Waals surface area contributed by atoms with Crippen molar-refractivity contribution in [3.63, 3.8) is 0 Å². The first-order chi connectivity index (χ1) is 15.2. The number of phenolic OH excluding ortho intramolecular Hbond substituents is 1. The monoisotopic (exact) mass is 459 g/mol. The Morgan fingerprint density at radius 2 is 1.94 bits per heavy atom. The number of aromatic hydroxyl groups is 1. The number of amides is 1. The Labute approximate surface area is 191 Å². The molecule has 1 fully saturated rings. The van der Waals surface area contributed by atoms with Crippen molar-refractivity contribution >= 4 is 29.1 Å². The fraction of sp³-hybridized carbons (Fsp3) is 0.333. The van der Waals surface area contributed by atoms with Gasteiger partial charge >= 0.3 is 0 Å². The number of aliphatic hydroxyl groups excluding tert-OH is 1. The minimum absolute atomic E-state index is 0.0612. The van der Waals surface area contributed by atoms with Gasteiger partial charge in [0.15, 0.2) is 0 Å². The zero-order chi connectivity index (χ0) is 23.4. The van der Waals surface area contributed by atoms with Crippen molar-refractivity contribution in [2.75, 3.05) is 26.9 Å². The molecule has 0 saturated carbocycles. The van der Waals surface area contributed by atoms with Gasteiger partial charge < -0.3 is 24.6 Å². The van der Waals surface area contributed by atoms with E-state index in [1.54, 1.807) is 30.3 Å². The van der Waals surface area contributed by atoms with E-state index in [1.807, 2.05) is 13.8 Å². The second kappa shape index (κ2) is 10.1. The number of Topliss-reactive ketones (excluding diaryl/α,β-unsaturated/α-hetero) is 1. The van der Waals surface area contributed by atoms with Gasteiger partial charge in [-0.2, -0.15) is 0 Å². The second-order valence-electron chi connectivity index (χ2n) is 7.93. The van der Waals surface area contributed by atoms with Gasteiger partial charge in [-0.1, -0.05) is 43.6 Å². The Bertz CT molecular complexity index is 1050. The van der Waals surface area contributed by atoms with E-state index in [1.165, 1.54) is 24.1 Å². The number of hydrogen-bond donors (Lipinski definition) is 2. The molecular formula is C24H26ClNO6. The first kappa shape index (κ1) is 23.6. The van der Waals surface area contributed by atoms with E-state index in [2.05, 4.69) is 0 Å². The fourth-order valence-electron chi connectivity index (χ4n) is 3.49. The molecule has 7 nitrogen and oxygen atoms in total. The number of hydrogen-bond acceptors (Lipinski definition) is 6. The molecule has 0 spiro atoms. The molecule has 32 heavy (non-hydrogen) atoms. The van der Waals surface area contributed by atoms with Gasteiger partial charge in [-0.3, -0.25) is 9.59 Å². The number of ketones is 1. The highest BCUT2D eigenvalue weighted by Gasteiger charge is 2.46. The van der Waals surface area contributed by atoms with Gasteiger partial charge in [0, 0.05) is 19.2 Å². The average Bonchev–Trinajstić information content (AvgIpc) is 3.02. The summed E-state index contributed by atoms with van der Waals surface area (Å²) in [4.78, 5) is 27.1. The number of carbonyl (C=O) groups is 2. The van der Waals surface area contributed by atoms with Crippen LogP contribution in [0.4, 0.5) is 0 Å². The van der Waals surface area contributed by atoms with Crippen LogP contribution >= 0.6 is 11.6 Å². The molecule has 0 aromatic heterocycles. The molecule has 8 heteroatoms. The van der Waals surface area contributed by atoms with Crippen molar-refractivity contribution in [3.05, 3.63) is 64.2 Å². The Kier molecular flexibility index (Phi) is 7.43. The summed E-state index contributed by atoms with van der Waals surface area (Å²) in [6.45, 7) is 4.88. The third-order valence-corrected chi connectivity index (χ3v) is 5.36. The third kappa shape index (κ3) is 4.89. The molecule has 1 amide bonds. The number of benzene rings is 2. The molecule has 0 aliphatic carbocycles. The van der Waals surface area contributed by atoms with Crippen molar-refractivity contribution in [1.29, 1.82) is 0 Å². The van der Waals surface area contributed by atoms with E-state index >= 15 is 0 Å². The number of nitrogens with zero attached hydrogens (tertiary/aromatic N) is 1. The van der Waals surface area contributed by atoms with Gasteiger partial charge in [0.1, 0.15) is 17.3 Å². The standard InChI is InChI=1S/C24H26ClNO6/c1-14(2)13-32-17-6-4-5-16(11-17)22(28)20-21(15-7-8-19(27)18(25)12-15)26(9-10-31-3)24(30)23(20)29/h4-8,11-12,14,21,27-28H,9-10,13H2,1-3H3/b22-20-. The molecule has 170 valence electrons. The normalized spacial score (nSPS) is 17.9. The lowest BCUT2D eigenvalue weighted by Crippen LogP contribution is -2.32. The number of methoxy groups -OCH3 is 1. The maximum atomic E-state index is 13.0. The number of halogens is 1. The van der Waals surface area contributed by atoms with Crippen molar-refractivity contribution in [2.24, 2.45) is 5.92 Å². The number of ether oxygens (including phenoxy) is 2. The van der Waals surface area contributed by atoms with Crippen LogP contribution in [0.25, 0.3) is 5.76 Å². The lowest BCUT2D eigenvalue weighted by atomic mass is 9.95. The summed E-state index contributed by atoms with van der Waals surface area (Å²) >= 11 is 6.08. The minimum Gasteiger partial charge on any atom is -0.507 e. The molecule has 1 aliphatic heterocycles. The Morgan fingerprint density at radius 3 is 2.59 bits per heavy atom. The van der Waals surface area contributed by atoms with E-state index in [9.17, 15) is 19.8 Å². The number of likely N-dealkylation sites (tertiary alicyclic amines) is 1. The Morgan fingerprint density at radius 1 is 1.19 bits per heavy atom. The lowest BCUT2D eigenvalue weighted by Gasteiger charge is -2.25. The molecule has 1 aliphatic rings. The predicted molar refractivity (Wildman–Crippen MR) is 121 cm³/mol. The Balaban J connectivity index is 2.11. The van der Waals surface area contributed by atoms with Gasteiger partial charge in [-0.05, 0) is 35.7 Å². The summed E-state index contributed by atoms with van der Waals surface area (Å²) in [6.07, 6.45) is 0. The predicted octanol–water partition coefficient (Wildman–Crippen LogP) is 4.15. The van der Waals surface area contributed by atoms with Crippen LogP contribution < -0.4 is 4.74 Å². The van der Waals surface area contributed by atoms with Crippen LogP contribution in [0.5, 0.6) is 11.5 Å². The zero-order valence-electron chi connectivity index (χ0n) is 18.2. The summed E-state index contributed by atoms with van der Waals surface area (Å²) in [5.41, 5.74) is 0.775. The minimum atomic E-state index is -0.886. The summed E-state index contributed by atoms with van der Waals surface area (Å²) in [5, 5.41) is 21.0. The number of aliphatic hydroxyl groups is 1. The molecule has 2 N–H and O–H groups in total. The smallest absolute Gasteiger partial charge is 0.295 e. The van der Waals surface area contributed by atoms with Crippen LogP contribution in [-0.4, -0.2) is 53.7 Å². The highest BCUT2D eigenvalue weighted by atomic mass is 35.5. The summed E-state index contributed by atoms with van der Waals surface area (Å²) in [6, 6.07) is 10.3. The lowest BCUT2D eigenvalue weighted by molar-refractivity contribution is -0.140. The van der Waals surface area contributed by atoms with Crippen LogP contribution in [0.1, 0.15) is 31.0 Å². The molecule has 3 rings (SSSR count). The highest BCUT2D eigenvalue weighted by molar-refractivity contribution is 6.46. The van der Waals surface area contributed by atoms with Gasteiger partial charge in [0.25, 0.3) is 11.7 Å². The van der Waals surface area contributed by atoms with Crippen molar-refractivity contribution in [3.8, 4) is 11.5 Å².